The number of hydrogen-bond acceptors (Lipinski definition) is 5. The second-order valence-corrected chi connectivity index (χ2v) is 3.44. The van der Waals surface area contributed by atoms with Gasteiger partial charge in [-0.15, -0.1) is 0 Å². The van der Waals surface area contributed by atoms with Gasteiger partial charge in [-0.05, 0) is 18.2 Å². The molecule has 0 atom stereocenters. The average Bonchev–Trinajstić information content (AvgIpc) is 3.00. The smallest absolute Gasteiger partial charge is 0.259 e. The van der Waals surface area contributed by atoms with E-state index in [-0.39, 0.29) is 5.75 Å². The van der Waals surface area contributed by atoms with Crippen molar-refractivity contribution in [3.8, 4) is 28.7 Å². The molecule has 0 saturated heterocycles. The van der Waals surface area contributed by atoms with Crippen molar-refractivity contribution in [3.05, 3.63) is 36.8 Å². The highest BCUT2D eigenvalue weighted by molar-refractivity contribution is 5.57. The molecule has 6 heteroatoms. The van der Waals surface area contributed by atoms with Gasteiger partial charge in [0.05, 0.1) is 17.5 Å². The lowest BCUT2D eigenvalue weighted by atomic mass is 10.3. The Labute approximate surface area is 96.0 Å². The van der Waals surface area contributed by atoms with E-state index in [9.17, 15) is 5.11 Å². The summed E-state index contributed by atoms with van der Waals surface area (Å²) in [5, 5.41) is 13.1. The molecule has 3 aromatic heterocycles. The van der Waals surface area contributed by atoms with Crippen molar-refractivity contribution >= 4 is 0 Å². The number of nitrogens with one attached hydrogen (secondary N) is 1. The van der Waals surface area contributed by atoms with Gasteiger partial charge in [-0.25, -0.2) is 0 Å². The maximum Gasteiger partial charge on any atom is 0.259 e. The summed E-state index contributed by atoms with van der Waals surface area (Å²) in [4.78, 5) is 11.0. The molecule has 0 aliphatic heterocycles. The Morgan fingerprint density at radius 2 is 2.24 bits per heavy atom. The molecule has 0 bridgehead atoms. The zero-order valence-electron chi connectivity index (χ0n) is 8.66. The molecule has 0 aliphatic carbocycles. The summed E-state index contributed by atoms with van der Waals surface area (Å²) in [6, 6.07) is 5.20. The lowest BCUT2D eigenvalue weighted by Crippen LogP contribution is -1.81. The molecule has 3 heterocycles. The highest BCUT2D eigenvalue weighted by Crippen LogP contribution is 2.22. The average molecular weight is 228 g/mol. The van der Waals surface area contributed by atoms with Crippen LogP contribution in [0.25, 0.3) is 23.0 Å². The minimum atomic E-state index is 0.0575. The van der Waals surface area contributed by atoms with E-state index in [1.165, 1.54) is 12.3 Å². The van der Waals surface area contributed by atoms with Crippen LogP contribution in [0.1, 0.15) is 0 Å². The summed E-state index contributed by atoms with van der Waals surface area (Å²) >= 11 is 0. The van der Waals surface area contributed by atoms with Crippen LogP contribution in [0.5, 0.6) is 5.75 Å². The van der Waals surface area contributed by atoms with Crippen LogP contribution in [0.3, 0.4) is 0 Å². The third-order valence-electron chi connectivity index (χ3n) is 2.24. The Balaban J connectivity index is 2.01. The van der Waals surface area contributed by atoms with Crippen LogP contribution in [0.4, 0.5) is 0 Å². The molecular formula is C11H8N4O2. The first kappa shape index (κ1) is 9.59. The number of rotatable bonds is 2. The molecule has 0 spiro atoms. The van der Waals surface area contributed by atoms with E-state index in [0.717, 1.165) is 5.69 Å². The van der Waals surface area contributed by atoms with E-state index in [1.807, 2.05) is 12.1 Å². The van der Waals surface area contributed by atoms with E-state index in [0.29, 0.717) is 17.3 Å². The number of pyridine rings is 1. The lowest BCUT2D eigenvalue weighted by Gasteiger charge is -1.93. The number of hydrogen-bond donors (Lipinski definition) is 2. The van der Waals surface area contributed by atoms with Crippen molar-refractivity contribution in [1.82, 2.24) is 20.1 Å². The highest BCUT2D eigenvalue weighted by atomic mass is 16.5. The fourth-order valence-electron chi connectivity index (χ4n) is 1.46. The zero-order chi connectivity index (χ0) is 11.7. The van der Waals surface area contributed by atoms with Crippen LogP contribution in [0, 0.1) is 0 Å². The lowest BCUT2D eigenvalue weighted by molar-refractivity contribution is 0.431. The Kier molecular flexibility index (Phi) is 2.11. The normalized spacial score (nSPS) is 10.6. The third-order valence-corrected chi connectivity index (χ3v) is 2.24. The molecule has 6 nitrogen and oxygen atoms in total. The fraction of sp³-hybridized carbons (Fsp3) is 0. The first-order valence-electron chi connectivity index (χ1n) is 4.95. The van der Waals surface area contributed by atoms with E-state index in [2.05, 4.69) is 20.1 Å². The van der Waals surface area contributed by atoms with Crippen LogP contribution >= 0.6 is 0 Å². The number of aromatic amines is 1. The summed E-state index contributed by atoms with van der Waals surface area (Å²) in [6.45, 7) is 0. The Morgan fingerprint density at radius 3 is 3.00 bits per heavy atom. The predicted molar refractivity (Wildman–Crippen MR) is 59.0 cm³/mol. The molecule has 3 aromatic rings. The Morgan fingerprint density at radius 1 is 1.29 bits per heavy atom. The molecule has 0 aliphatic rings. The second kappa shape index (κ2) is 3.75. The van der Waals surface area contributed by atoms with Crippen molar-refractivity contribution < 1.29 is 9.63 Å². The molecule has 84 valence electrons. The standard InChI is InChI=1S/C11H8N4O2/c16-8-4-7(5-12-6-8)11-14-10(15-17-11)9-2-1-3-13-9/h1-6,13,16H. The van der Waals surface area contributed by atoms with Crippen molar-refractivity contribution in [2.45, 2.75) is 0 Å². The van der Waals surface area contributed by atoms with Crippen molar-refractivity contribution in [2.75, 3.05) is 0 Å². The minimum absolute atomic E-state index is 0.0575. The molecular weight excluding hydrogens is 220 g/mol. The van der Waals surface area contributed by atoms with Gasteiger partial charge < -0.3 is 14.6 Å². The van der Waals surface area contributed by atoms with Gasteiger partial charge in [0.15, 0.2) is 0 Å². The summed E-state index contributed by atoms with van der Waals surface area (Å²) in [7, 11) is 0. The van der Waals surface area contributed by atoms with Crippen LogP contribution in [-0.4, -0.2) is 25.2 Å². The maximum absolute atomic E-state index is 9.31. The molecule has 0 amide bonds. The van der Waals surface area contributed by atoms with Gasteiger partial charge >= 0.3 is 0 Å². The second-order valence-electron chi connectivity index (χ2n) is 3.44. The zero-order valence-corrected chi connectivity index (χ0v) is 8.66. The molecule has 0 unspecified atom stereocenters. The highest BCUT2D eigenvalue weighted by Gasteiger charge is 2.11. The van der Waals surface area contributed by atoms with E-state index >= 15 is 0 Å². The molecule has 3 rings (SSSR count). The molecule has 0 aromatic carbocycles. The predicted octanol–water partition coefficient (Wildman–Crippen LogP) is 1.83. The van der Waals surface area contributed by atoms with E-state index in [1.54, 1.807) is 12.4 Å². The first-order valence-corrected chi connectivity index (χ1v) is 4.95. The summed E-state index contributed by atoms with van der Waals surface area (Å²) in [5.74, 6) is 0.841. The maximum atomic E-state index is 9.31. The molecule has 0 fully saturated rings. The molecule has 0 saturated carbocycles. The van der Waals surface area contributed by atoms with Gasteiger partial charge in [0.25, 0.3) is 5.89 Å². The number of aromatic hydroxyl groups is 1. The molecule has 0 radical (unpaired) electrons. The Bertz CT molecular complexity index is 630. The fourth-order valence-corrected chi connectivity index (χ4v) is 1.46. The van der Waals surface area contributed by atoms with Gasteiger partial charge in [0.2, 0.25) is 5.82 Å². The molecule has 2 N–H and O–H groups in total. The van der Waals surface area contributed by atoms with Crippen LogP contribution in [0.15, 0.2) is 41.3 Å². The number of nitrogens with zero attached hydrogens (tertiary/aromatic N) is 3. The Hall–Kier alpha value is -2.63. The van der Waals surface area contributed by atoms with Gasteiger partial charge in [-0.2, -0.15) is 4.98 Å². The van der Waals surface area contributed by atoms with Crippen molar-refractivity contribution in [2.24, 2.45) is 0 Å². The van der Waals surface area contributed by atoms with Gasteiger partial charge in [0, 0.05) is 12.4 Å². The van der Waals surface area contributed by atoms with Crippen LogP contribution < -0.4 is 0 Å². The van der Waals surface area contributed by atoms with Crippen molar-refractivity contribution in [3.63, 3.8) is 0 Å². The first-order chi connectivity index (χ1) is 8.33. The molecule has 17 heavy (non-hydrogen) atoms. The van der Waals surface area contributed by atoms with E-state index < -0.39 is 0 Å². The SMILES string of the molecule is Oc1cncc(-c2nc(-c3ccc[nH]3)no2)c1. The third kappa shape index (κ3) is 1.76. The van der Waals surface area contributed by atoms with Crippen LogP contribution in [-0.2, 0) is 0 Å². The number of aromatic nitrogens is 4. The van der Waals surface area contributed by atoms with E-state index in [4.69, 9.17) is 4.52 Å². The topological polar surface area (TPSA) is 87.8 Å². The van der Waals surface area contributed by atoms with Gasteiger partial charge in [-0.1, -0.05) is 5.16 Å². The summed E-state index contributed by atoms with van der Waals surface area (Å²) in [5.41, 5.74) is 1.35. The summed E-state index contributed by atoms with van der Waals surface area (Å²) in [6.07, 6.45) is 4.67. The quantitative estimate of drug-likeness (QED) is 0.698. The summed E-state index contributed by atoms with van der Waals surface area (Å²) < 4.78 is 5.10. The largest absolute Gasteiger partial charge is 0.506 e. The monoisotopic (exact) mass is 228 g/mol. The van der Waals surface area contributed by atoms with Gasteiger partial charge in [0.1, 0.15) is 5.75 Å². The number of H-pyrrole nitrogens is 1. The van der Waals surface area contributed by atoms with Crippen LogP contribution in [0.2, 0.25) is 0 Å². The minimum Gasteiger partial charge on any atom is -0.506 e. The van der Waals surface area contributed by atoms with Gasteiger partial charge in [-0.3, -0.25) is 4.98 Å². The van der Waals surface area contributed by atoms with Crippen molar-refractivity contribution in [1.29, 1.82) is 0 Å².